The number of rotatable bonds is 0. The van der Waals surface area contributed by atoms with Crippen molar-refractivity contribution < 1.29 is 0 Å². The second-order valence-electron chi connectivity index (χ2n) is 4.34. The van der Waals surface area contributed by atoms with Crippen LogP contribution in [0.5, 0.6) is 0 Å². The van der Waals surface area contributed by atoms with Crippen LogP contribution in [0.3, 0.4) is 0 Å². The van der Waals surface area contributed by atoms with E-state index in [0.29, 0.717) is 10.7 Å². The zero-order valence-corrected chi connectivity index (χ0v) is 8.28. The summed E-state index contributed by atoms with van der Waals surface area (Å²) in [5.41, 5.74) is 0.447. The van der Waals surface area contributed by atoms with Crippen LogP contribution in [0.25, 0.3) is 0 Å². The summed E-state index contributed by atoms with van der Waals surface area (Å²) in [5, 5.41) is 0.609. The molecule has 0 spiro atoms. The Kier molecular flexibility index (Phi) is 2.06. The maximum atomic E-state index is 4.59. The molecule has 1 rings (SSSR count). The Morgan fingerprint density at radius 1 is 1.30 bits per heavy atom. The Morgan fingerprint density at radius 2 is 1.80 bits per heavy atom. The summed E-state index contributed by atoms with van der Waals surface area (Å²) < 4.78 is 0. The van der Waals surface area contributed by atoms with E-state index in [1.807, 2.05) is 0 Å². The van der Waals surface area contributed by atoms with Crippen LogP contribution in [0.2, 0.25) is 0 Å². The van der Waals surface area contributed by atoms with Gasteiger partial charge >= 0.3 is 0 Å². The van der Waals surface area contributed by atoms with Gasteiger partial charge in [-0.15, -0.1) is 0 Å². The molecule has 0 N–H and O–H groups in total. The molecule has 0 amide bonds. The van der Waals surface area contributed by atoms with Crippen molar-refractivity contribution >= 4 is 12.6 Å². The molecule has 0 nitrogen and oxygen atoms in total. The maximum absolute atomic E-state index is 4.59. The fraction of sp³-hybridized carbons (Fsp3) is 1.00. The van der Waals surface area contributed by atoms with Crippen LogP contribution < -0.4 is 0 Å². The quantitative estimate of drug-likeness (QED) is 0.515. The van der Waals surface area contributed by atoms with E-state index >= 15 is 0 Å². The lowest BCUT2D eigenvalue weighted by Crippen LogP contribution is -2.24. The summed E-state index contributed by atoms with van der Waals surface area (Å²) in [6, 6.07) is 0. The Labute approximate surface area is 69.8 Å². The highest BCUT2D eigenvalue weighted by Gasteiger charge is 2.42. The van der Waals surface area contributed by atoms with Crippen LogP contribution in [0.15, 0.2) is 0 Å². The van der Waals surface area contributed by atoms with E-state index in [0.717, 1.165) is 11.8 Å². The van der Waals surface area contributed by atoms with Crippen LogP contribution in [0.4, 0.5) is 0 Å². The molecule has 0 radical (unpaired) electrons. The second kappa shape index (κ2) is 2.44. The molecule has 60 valence electrons. The second-order valence-corrected chi connectivity index (χ2v) is 4.96. The van der Waals surface area contributed by atoms with Gasteiger partial charge in [0.15, 0.2) is 0 Å². The van der Waals surface area contributed by atoms with Gasteiger partial charge in [-0.05, 0) is 23.7 Å². The molecule has 10 heavy (non-hydrogen) atoms. The molecular formula is C9H18S. The molecule has 0 aromatic carbocycles. The minimum Gasteiger partial charge on any atom is -0.175 e. The fourth-order valence-corrected chi connectivity index (χ4v) is 2.46. The van der Waals surface area contributed by atoms with Gasteiger partial charge in [0.2, 0.25) is 0 Å². The van der Waals surface area contributed by atoms with E-state index in [1.165, 1.54) is 6.42 Å². The van der Waals surface area contributed by atoms with E-state index in [1.54, 1.807) is 0 Å². The van der Waals surface area contributed by atoms with E-state index in [-0.39, 0.29) is 0 Å². The van der Waals surface area contributed by atoms with Gasteiger partial charge in [0.25, 0.3) is 0 Å². The van der Waals surface area contributed by atoms with Gasteiger partial charge in [-0.3, -0.25) is 0 Å². The lowest BCUT2D eigenvalue weighted by Gasteiger charge is -2.28. The van der Waals surface area contributed by atoms with E-state index in [9.17, 15) is 0 Å². The predicted octanol–water partition coefficient (Wildman–Crippen LogP) is 2.99. The molecule has 0 aromatic rings. The smallest absolute Gasteiger partial charge is 0.00732 e. The van der Waals surface area contributed by atoms with Crippen LogP contribution in [0, 0.1) is 17.3 Å². The minimum atomic E-state index is 0.447. The van der Waals surface area contributed by atoms with Crippen LogP contribution in [-0.4, -0.2) is 5.25 Å². The van der Waals surface area contributed by atoms with Gasteiger partial charge in [-0.25, -0.2) is 0 Å². The summed E-state index contributed by atoms with van der Waals surface area (Å²) >= 11 is 4.59. The normalized spacial score (nSPS) is 45.9. The molecular weight excluding hydrogens is 140 g/mol. The Bertz CT molecular complexity index is 129. The first-order valence-corrected chi connectivity index (χ1v) is 4.66. The summed E-state index contributed by atoms with van der Waals surface area (Å²) in [7, 11) is 0. The van der Waals surface area contributed by atoms with Gasteiger partial charge < -0.3 is 0 Å². The van der Waals surface area contributed by atoms with Gasteiger partial charge in [0.05, 0.1) is 0 Å². The first kappa shape index (κ1) is 8.45. The molecule has 1 fully saturated rings. The largest absolute Gasteiger partial charge is 0.175 e. The van der Waals surface area contributed by atoms with Gasteiger partial charge in [-0.2, -0.15) is 12.6 Å². The minimum absolute atomic E-state index is 0.447. The van der Waals surface area contributed by atoms with Crippen LogP contribution in [0.1, 0.15) is 34.1 Å². The van der Waals surface area contributed by atoms with Crippen LogP contribution >= 0.6 is 12.6 Å². The zero-order valence-electron chi connectivity index (χ0n) is 7.39. The topological polar surface area (TPSA) is 0 Å². The van der Waals surface area contributed by atoms with Gasteiger partial charge in [-0.1, -0.05) is 27.7 Å². The Balaban J connectivity index is 2.75. The Hall–Kier alpha value is 0.350. The van der Waals surface area contributed by atoms with E-state index < -0.39 is 0 Å². The number of hydrogen-bond acceptors (Lipinski definition) is 1. The fourth-order valence-electron chi connectivity index (χ4n) is 1.90. The number of thiol groups is 1. The molecule has 1 aliphatic rings. The highest BCUT2D eigenvalue weighted by atomic mass is 32.1. The molecule has 0 aromatic heterocycles. The van der Waals surface area contributed by atoms with E-state index in [4.69, 9.17) is 0 Å². The summed E-state index contributed by atoms with van der Waals surface area (Å²) in [5.74, 6) is 1.69. The first-order valence-electron chi connectivity index (χ1n) is 4.14. The molecule has 1 aliphatic carbocycles. The summed E-state index contributed by atoms with van der Waals surface area (Å²) in [6.45, 7) is 9.35. The zero-order chi connectivity index (χ0) is 7.94. The Morgan fingerprint density at radius 3 is 1.90 bits per heavy atom. The standard InChI is InChI=1S/C9H18S/c1-6-5-8(10)9(3,4)7(6)2/h6-8,10H,5H2,1-4H3. The van der Waals surface area contributed by atoms with Crippen molar-refractivity contribution in [3.8, 4) is 0 Å². The molecule has 1 heteroatoms. The van der Waals surface area contributed by atoms with Crippen molar-refractivity contribution in [3.63, 3.8) is 0 Å². The van der Waals surface area contributed by atoms with E-state index in [2.05, 4.69) is 40.3 Å². The molecule has 0 saturated heterocycles. The predicted molar refractivity (Wildman–Crippen MR) is 49.5 cm³/mol. The highest BCUT2D eigenvalue weighted by Crippen LogP contribution is 2.48. The van der Waals surface area contributed by atoms with Crippen LogP contribution in [-0.2, 0) is 0 Å². The third-order valence-electron chi connectivity index (χ3n) is 3.48. The summed E-state index contributed by atoms with van der Waals surface area (Å²) in [6.07, 6.45) is 1.29. The van der Waals surface area contributed by atoms with Crippen molar-refractivity contribution in [2.45, 2.75) is 39.4 Å². The van der Waals surface area contributed by atoms with Crippen molar-refractivity contribution in [2.75, 3.05) is 0 Å². The lowest BCUT2D eigenvalue weighted by molar-refractivity contribution is 0.253. The average Bonchev–Trinajstić information content (AvgIpc) is 1.97. The number of hydrogen-bond donors (Lipinski definition) is 1. The van der Waals surface area contributed by atoms with Gasteiger partial charge in [0.1, 0.15) is 0 Å². The molecule has 3 unspecified atom stereocenters. The monoisotopic (exact) mass is 158 g/mol. The molecule has 0 aliphatic heterocycles. The third kappa shape index (κ3) is 1.09. The van der Waals surface area contributed by atoms with Crippen molar-refractivity contribution in [2.24, 2.45) is 17.3 Å². The maximum Gasteiger partial charge on any atom is 0.00732 e. The molecule has 0 heterocycles. The lowest BCUT2D eigenvalue weighted by atomic mass is 9.80. The average molecular weight is 158 g/mol. The van der Waals surface area contributed by atoms with Crippen molar-refractivity contribution in [1.29, 1.82) is 0 Å². The summed E-state index contributed by atoms with van der Waals surface area (Å²) in [4.78, 5) is 0. The third-order valence-corrected chi connectivity index (χ3v) is 4.36. The SMILES string of the molecule is CC1CC(S)C(C)(C)C1C. The highest BCUT2D eigenvalue weighted by molar-refractivity contribution is 7.81. The molecule has 1 saturated carbocycles. The van der Waals surface area contributed by atoms with Crippen molar-refractivity contribution in [3.05, 3.63) is 0 Å². The van der Waals surface area contributed by atoms with Gasteiger partial charge in [0, 0.05) is 5.25 Å². The van der Waals surface area contributed by atoms with Crippen molar-refractivity contribution in [1.82, 2.24) is 0 Å². The molecule has 0 bridgehead atoms. The first-order chi connectivity index (χ1) is 4.46. The molecule has 3 atom stereocenters.